The number of thiophene rings is 6. The Morgan fingerprint density at radius 2 is 0.854 bits per heavy atom. The van der Waals surface area contributed by atoms with Crippen molar-refractivity contribution in [2.24, 2.45) is 0 Å². The lowest BCUT2D eigenvalue weighted by Gasteiger charge is -2.08. The second kappa shape index (κ2) is 25.3. The van der Waals surface area contributed by atoms with Crippen LogP contribution in [0.4, 0.5) is 17.1 Å². The van der Waals surface area contributed by atoms with Crippen LogP contribution in [0.3, 0.4) is 0 Å². The molecule has 9 aromatic heterocycles. The van der Waals surface area contributed by atoms with Gasteiger partial charge in [-0.2, -0.15) is 0 Å². The number of nitrogens with zero attached hydrogens (tertiary/aromatic N) is 3. The molecule has 412 valence electrons. The van der Waals surface area contributed by atoms with Crippen LogP contribution in [0.15, 0.2) is 205 Å². The number of benzene rings is 4. The number of hydrogen-bond donors (Lipinski definition) is 3. The number of pyridine rings is 3. The van der Waals surface area contributed by atoms with Gasteiger partial charge in [-0.3, -0.25) is 12.6 Å². The van der Waals surface area contributed by atoms with Gasteiger partial charge in [-0.05, 0) is 104 Å². The van der Waals surface area contributed by atoms with Crippen molar-refractivity contribution >= 4 is 153 Å². The van der Waals surface area contributed by atoms with E-state index in [0.717, 1.165) is 118 Å². The van der Waals surface area contributed by atoms with Crippen molar-refractivity contribution < 1.29 is 12.6 Å². The van der Waals surface area contributed by atoms with Gasteiger partial charge >= 0.3 is 0 Å². The molecule has 6 N–H and O–H groups in total. The number of nitrogens with two attached hydrogens (primary N) is 3. The van der Waals surface area contributed by atoms with Crippen LogP contribution < -0.4 is 17.2 Å². The Morgan fingerprint density at radius 1 is 0.488 bits per heavy atom. The molecule has 0 fully saturated rings. The molecule has 0 amide bonds. The third-order valence-electron chi connectivity index (χ3n) is 13.2. The summed E-state index contributed by atoms with van der Waals surface area (Å²) in [6.45, 7) is 2.11. The summed E-state index contributed by atoms with van der Waals surface area (Å²) in [5.74, 6) is 4.89. The van der Waals surface area contributed by atoms with Gasteiger partial charge in [0.1, 0.15) is 27.1 Å². The van der Waals surface area contributed by atoms with Crippen molar-refractivity contribution in [3.8, 4) is 65.1 Å². The number of unbranched alkanes of at least 4 members (excludes halogenated alkanes) is 1. The van der Waals surface area contributed by atoms with Gasteiger partial charge in [0.25, 0.3) is 0 Å². The Labute approximate surface area is 505 Å². The van der Waals surface area contributed by atoms with Gasteiger partial charge in [0.2, 0.25) is 0 Å². The quantitative estimate of drug-likeness (QED) is 0.0898. The van der Waals surface area contributed by atoms with Crippen molar-refractivity contribution in [3.05, 3.63) is 198 Å². The topological polar surface area (TPSA) is 168 Å². The highest BCUT2D eigenvalue weighted by molar-refractivity contribution is 8.01. The average Bonchev–Trinajstić information content (AvgIpc) is 3.74. The van der Waals surface area contributed by atoms with Crippen molar-refractivity contribution in [2.75, 3.05) is 29.2 Å². The monoisotopic (exact) mass is 1240 g/mol. The molecular formula is C64H54N6O3S9. The Morgan fingerprint density at radius 3 is 1.22 bits per heavy atom. The first kappa shape index (κ1) is 56.9. The van der Waals surface area contributed by atoms with Crippen LogP contribution in [-0.2, 0) is 36.9 Å². The Kier molecular flexibility index (Phi) is 17.5. The maximum Gasteiger partial charge on any atom is 0.127 e. The third-order valence-corrected chi connectivity index (χ3v) is 25.0. The molecule has 0 spiro atoms. The smallest absolute Gasteiger partial charge is 0.127 e. The Balaban J connectivity index is 0.000000130. The largest absolute Gasteiger partial charge is 0.397 e. The Hall–Kier alpha value is -6.97. The second-order valence-electron chi connectivity index (χ2n) is 19.0. The standard InChI is InChI=1S/C24H18N2OS3.C21H20N2OS3.C19H16N2OS3/c25-22-21-18(17-10-5-2-6-11-17)14-19(20-12-7-13-28-20)26-23(21)29-24(22)30(27)15-16-8-3-1-4-9-16;1-2-3-12-27(24)21-19(22)18-15(14-8-5-4-6-9-14)13-16(23-20(18)26-21)17-10-7-11-25-17;1-25(2,22)19-17(20)16-13(12-7-4-3-5-8-12)11-14(21-18(16)24-19)15-9-6-10-23-15/h1-14H,15,25H2;4-11,13H,2-3,12,22H2,1H3;3-11H,1,20H2,2H3. The van der Waals surface area contributed by atoms with Crippen LogP contribution in [-0.4, -0.2) is 45.5 Å². The molecule has 0 radical (unpaired) electrons. The molecule has 0 bridgehead atoms. The summed E-state index contributed by atoms with van der Waals surface area (Å²) in [4.78, 5) is 20.4. The molecule has 0 saturated carbocycles. The van der Waals surface area contributed by atoms with E-state index < -0.39 is 31.1 Å². The van der Waals surface area contributed by atoms with E-state index in [1.165, 1.54) is 34.0 Å². The zero-order chi connectivity index (χ0) is 56.9. The SMILES string of the molecule is C=S(C)(=O)c1sc2nc(-c3cccs3)cc(-c3ccccc3)c2c1N.CCCCS(=O)c1sc2nc(-c3cccs3)cc(-c3ccccc3)c2c1N.Nc1c(S(=O)Cc2ccccc2)sc2nc(-c3cccs3)cc(-c3ccccc3)c12. The lowest BCUT2D eigenvalue weighted by atomic mass is 10.0. The normalized spacial score (nSPS) is 12.8. The molecule has 9 nitrogen and oxygen atoms in total. The van der Waals surface area contributed by atoms with Crippen LogP contribution in [0.2, 0.25) is 0 Å². The molecule has 0 saturated heterocycles. The second-order valence-corrected chi connectivity index (χ2v) is 31.0. The van der Waals surface area contributed by atoms with E-state index in [2.05, 4.69) is 91.0 Å². The maximum atomic E-state index is 13.2. The zero-order valence-electron chi connectivity index (χ0n) is 44.5. The van der Waals surface area contributed by atoms with E-state index in [4.69, 9.17) is 32.2 Å². The lowest BCUT2D eigenvalue weighted by Crippen LogP contribution is -1.99. The fraction of sp³-hybridized carbons (Fsp3) is 0.0938. The van der Waals surface area contributed by atoms with Crippen LogP contribution in [0, 0.1) is 0 Å². The highest BCUT2D eigenvalue weighted by atomic mass is 32.2. The minimum Gasteiger partial charge on any atom is -0.397 e. The highest BCUT2D eigenvalue weighted by Crippen LogP contribution is 2.47. The summed E-state index contributed by atoms with van der Waals surface area (Å²) in [5, 5.41) is 8.81. The van der Waals surface area contributed by atoms with E-state index >= 15 is 0 Å². The number of nitrogen functional groups attached to an aromatic ring is 3. The lowest BCUT2D eigenvalue weighted by molar-refractivity contribution is 0.681. The predicted molar refractivity (Wildman–Crippen MR) is 361 cm³/mol. The molecule has 4 aromatic carbocycles. The molecule has 13 rings (SSSR count). The summed E-state index contributed by atoms with van der Waals surface area (Å²) in [7, 11) is -4.71. The van der Waals surface area contributed by atoms with Crippen LogP contribution in [0.25, 0.3) is 95.7 Å². The van der Waals surface area contributed by atoms with E-state index in [9.17, 15) is 12.6 Å². The van der Waals surface area contributed by atoms with Crippen molar-refractivity contribution in [1.29, 1.82) is 0 Å². The molecule has 18 heteroatoms. The van der Waals surface area contributed by atoms with Gasteiger partial charge in [0.15, 0.2) is 0 Å². The first-order valence-corrected chi connectivity index (χ1v) is 35.8. The van der Waals surface area contributed by atoms with Gasteiger partial charge in [-0.25, -0.2) is 15.0 Å². The number of hydrogen-bond acceptors (Lipinski definition) is 15. The Bertz CT molecular complexity index is 4490. The summed E-state index contributed by atoms with van der Waals surface area (Å²) in [6, 6.07) is 58.9. The van der Waals surface area contributed by atoms with Gasteiger partial charge in [0, 0.05) is 37.7 Å². The number of fused-ring (bicyclic) bond motifs is 3. The van der Waals surface area contributed by atoms with Crippen LogP contribution >= 0.6 is 68.0 Å². The van der Waals surface area contributed by atoms with E-state index in [1.807, 2.05) is 114 Å². The summed E-state index contributed by atoms with van der Waals surface area (Å²) in [5.41, 5.74) is 31.3. The fourth-order valence-electron chi connectivity index (χ4n) is 9.31. The number of rotatable bonds is 14. The van der Waals surface area contributed by atoms with Crippen LogP contribution in [0.5, 0.6) is 0 Å². The molecule has 3 atom stereocenters. The predicted octanol–water partition coefficient (Wildman–Crippen LogP) is 17.7. The highest BCUT2D eigenvalue weighted by Gasteiger charge is 2.24. The molecule has 9 heterocycles. The van der Waals surface area contributed by atoms with Gasteiger partial charge in [-0.1, -0.05) is 153 Å². The fourth-order valence-corrected chi connectivity index (χ4v) is 19.1. The van der Waals surface area contributed by atoms with Crippen LogP contribution in [0.1, 0.15) is 25.3 Å². The molecule has 0 aliphatic heterocycles. The maximum absolute atomic E-state index is 13.2. The molecule has 3 unspecified atom stereocenters. The third kappa shape index (κ3) is 12.2. The van der Waals surface area contributed by atoms with Crippen molar-refractivity contribution in [2.45, 2.75) is 38.1 Å². The first-order chi connectivity index (χ1) is 39.8. The average molecular weight is 1240 g/mol. The molecule has 13 aromatic rings. The molecule has 0 aliphatic carbocycles. The minimum atomic E-state index is -2.40. The zero-order valence-corrected chi connectivity index (χ0v) is 51.8. The molecule has 82 heavy (non-hydrogen) atoms. The minimum absolute atomic E-state index is 0.441. The molecular weight excluding hydrogens is 1190 g/mol. The van der Waals surface area contributed by atoms with Crippen molar-refractivity contribution in [3.63, 3.8) is 0 Å². The summed E-state index contributed by atoms with van der Waals surface area (Å²) < 4.78 is 40.6. The number of anilines is 3. The van der Waals surface area contributed by atoms with Gasteiger partial charge < -0.3 is 17.2 Å². The van der Waals surface area contributed by atoms with E-state index in [0.29, 0.717) is 37.0 Å². The van der Waals surface area contributed by atoms with Crippen molar-refractivity contribution in [1.82, 2.24) is 15.0 Å². The van der Waals surface area contributed by atoms with Gasteiger partial charge in [0.05, 0.1) is 76.1 Å². The molecule has 0 aliphatic rings. The van der Waals surface area contributed by atoms with E-state index in [-0.39, 0.29) is 0 Å². The first-order valence-electron chi connectivity index (χ1n) is 25.9. The van der Waals surface area contributed by atoms with E-state index in [1.54, 1.807) is 40.3 Å². The van der Waals surface area contributed by atoms with Gasteiger partial charge in [-0.15, -0.1) is 68.0 Å². The summed E-state index contributed by atoms with van der Waals surface area (Å²) >= 11 is 9.27. The summed E-state index contributed by atoms with van der Waals surface area (Å²) in [6.07, 6.45) is 3.57. The number of aromatic nitrogens is 3.